The zero-order valence-electron chi connectivity index (χ0n) is 6.52. The zero-order chi connectivity index (χ0) is 7.11. The van der Waals surface area contributed by atoms with E-state index in [1.165, 1.54) is 5.71 Å². The first-order chi connectivity index (χ1) is 4.39. The quantitative estimate of drug-likeness (QED) is 0.441. The van der Waals surface area contributed by atoms with Gasteiger partial charge in [-0.1, -0.05) is 26.0 Å². The second-order valence-electron chi connectivity index (χ2n) is 1.75. The average molecular weight is 125 g/mol. The van der Waals surface area contributed by atoms with Crippen molar-refractivity contribution < 1.29 is 0 Å². The number of hydrogen-bond donors (Lipinski definition) is 0. The summed E-state index contributed by atoms with van der Waals surface area (Å²) < 4.78 is 0. The first kappa shape index (κ1) is 8.41. The summed E-state index contributed by atoms with van der Waals surface area (Å²) in [6.45, 7) is 6.95. The third-order valence-electron chi connectivity index (χ3n) is 1.05. The average Bonchev–Trinajstić information content (AvgIpc) is 1.94. The maximum Gasteiger partial charge on any atom is 0.0569 e. The van der Waals surface area contributed by atoms with Crippen LogP contribution in [0.2, 0.25) is 0 Å². The van der Waals surface area contributed by atoms with Gasteiger partial charge in [0, 0.05) is 12.1 Å². The van der Waals surface area contributed by atoms with E-state index in [0.29, 0.717) is 0 Å². The van der Waals surface area contributed by atoms with Crippen LogP contribution in [-0.4, -0.2) is 12.3 Å². The molecule has 0 aromatic heterocycles. The predicted molar refractivity (Wildman–Crippen MR) is 43.1 cm³/mol. The van der Waals surface area contributed by atoms with E-state index in [4.69, 9.17) is 0 Å². The molecule has 0 atom stereocenters. The fraction of sp³-hybridized carbons (Fsp3) is 0.625. The minimum Gasteiger partial charge on any atom is -0.290 e. The Bertz CT molecular complexity index is 112. The molecule has 0 unspecified atom stereocenters. The van der Waals surface area contributed by atoms with Crippen molar-refractivity contribution >= 4 is 5.71 Å². The van der Waals surface area contributed by atoms with E-state index in [0.717, 1.165) is 13.0 Å². The van der Waals surface area contributed by atoms with Crippen molar-refractivity contribution in [3.05, 3.63) is 12.2 Å². The summed E-state index contributed by atoms with van der Waals surface area (Å²) in [6.07, 6.45) is 5.30. The highest BCUT2D eigenvalue weighted by Crippen LogP contribution is 1.94. The maximum atomic E-state index is 4.16. The van der Waals surface area contributed by atoms with E-state index in [2.05, 4.69) is 24.1 Å². The van der Waals surface area contributed by atoms with Crippen LogP contribution in [0.5, 0.6) is 0 Å². The smallest absolute Gasteiger partial charge is 0.0569 e. The van der Waals surface area contributed by atoms with Gasteiger partial charge in [0.1, 0.15) is 0 Å². The van der Waals surface area contributed by atoms with Crippen LogP contribution in [0, 0.1) is 0 Å². The molecule has 1 aliphatic heterocycles. The normalized spacial score (nSPS) is 15.7. The lowest BCUT2D eigenvalue weighted by atomic mass is 10.2. The van der Waals surface area contributed by atoms with E-state index < -0.39 is 0 Å². The van der Waals surface area contributed by atoms with E-state index in [1.54, 1.807) is 0 Å². The summed E-state index contributed by atoms with van der Waals surface area (Å²) in [4.78, 5) is 4.16. The van der Waals surface area contributed by atoms with Crippen molar-refractivity contribution in [3.63, 3.8) is 0 Å². The molecule has 0 spiro atoms. The van der Waals surface area contributed by atoms with Crippen LogP contribution in [0.1, 0.15) is 27.2 Å². The Morgan fingerprint density at radius 1 is 1.33 bits per heavy atom. The van der Waals surface area contributed by atoms with Crippen LogP contribution in [0.25, 0.3) is 0 Å². The van der Waals surface area contributed by atoms with E-state index >= 15 is 0 Å². The lowest BCUT2D eigenvalue weighted by molar-refractivity contribution is 1.16. The summed E-state index contributed by atoms with van der Waals surface area (Å²) in [5, 5.41) is 0. The van der Waals surface area contributed by atoms with Crippen molar-refractivity contribution in [1.29, 1.82) is 0 Å². The molecule has 1 nitrogen and oxygen atoms in total. The first-order valence-electron chi connectivity index (χ1n) is 3.54. The summed E-state index contributed by atoms with van der Waals surface area (Å²) in [5.41, 5.74) is 1.25. The van der Waals surface area contributed by atoms with Gasteiger partial charge in [-0.2, -0.15) is 0 Å². The van der Waals surface area contributed by atoms with Gasteiger partial charge < -0.3 is 0 Å². The molecule has 0 radical (unpaired) electrons. The fourth-order valence-corrected chi connectivity index (χ4v) is 0.602. The molecule has 0 amide bonds. The topological polar surface area (TPSA) is 12.4 Å². The van der Waals surface area contributed by atoms with Crippen molar-refractivity contribution in [2.45, 2.75) is 27.2 Å². The van der Waals surface area contributed by atoms with Gasteiger partial charge in [-0.15, -0.1) is 0 Å². The SMILES string of the molecule is CC.CC1=NCC=CC1. The molecule has 0 aromatic rings. The Labute approximate surface area is 57.5 Å². The molecule has 0 bridgehead atoms. The molecular formula is C8H15N. The molecule has 52 valence electrons. The van der Waals surface area contributed by atoms with Gasteiger partial charge in [-0.3, -0.25) is 4.99 Å². The van der Waals surface area contributed by atoms with E-state index in [-0.39, 0.29) is 0 Å². The highest BCUT2D eigenvalue weighted by atomic mass is 14.7. The summed E-state index contributed by atoms with van der Waals surface area (Å²) >= 11 is 0. The number of hydrogen-bond acceptors (Lipinski definition) is 1. The Hall–Kier alpha value is -0.590. The third kappa shape index (κ3) is 3.95. The maximum absolute atomic E-state index is 4.16. The summed E-state index contributed by atoms with van der Waals surface area (Å²) in [5.74, 6) is 0. The van der Waals surface area contributed by atoms with Crippen LogP contribution in [-0.2, 0) is 0 Å². The van der Waals surface area contributed by atoms with Gasteiger partial charge in [0.15, 0.2) is 0 Å². The third-order valence-corrected chi connectivity index (χ3v) is 1.05. The molecule has 1 aliphatic rings. The van der Waals surface area contributed by atoms with Crippen molar-refractivity contribution in [2.75, 3.05) is 6.54 Å². The molecule has 0 saturated heterocycles. The van der Waals surface area contributed by atoms with Crippen molar-refractivity contribution in [3.8, 4) is 0 Å². The van der Waals surface area contributed by atoms with Gasteiger partial charge in [-0.05, 0) is 6.92 Å². The Balaban J connectivity index is 0.000000291. The van der Waals surface area contributed by atoms with Gasteiger partial charge in [0.05, 0.1) is 6.54 Å². The molecule has 0 aromatic carbocycles. The lowest BCUT2D eigenvalue weighted by Crippen LogP contribution is -1.94. The number of rotatable bonds is 0. The molecule has 0 aliphatic carbocycles. The van der Waals surface area contributed by atoms with Crippen LogP contribution in [0.3, 0.4) is 0 Å². The van der Waals surface area contributed by atoms with Crippen LogP contribution >= 0.6 is 0 Å². The highest BCUT2D eigenvalue weighted by Gasteiger charge is 1.88. The second kappa shape index (κ2) is 5.54. The zero-order valence-corrected chi connectivity index (χ0v) is 6.52. The van der Waals surface area contributed by atoms with Gasteiger partial charge in [0.2, 0.25) is 0 Å². The van der Waals surface area contributed by atoms with Crippen molar-refractivity contribution in [2.24, 2.45) is 4.99 Å². The van der Waals surface area contributed by atoms with E-state index in [1.807, 2.05) is 13.8 Å². The van der Waals surface area contributed by atoms with Crippen LogP contribution < -0.4 is 0 Å². The number of dihydropyridines is 1. The van der Waals surface area contributed by atoms with Crippen LogP contribution in [0.15, 0.2) is 17.1 Å². The summed E-state index contributed by atoms with van der Waals surface area (Å²) in [7, 11) is 0. The first-order valence-corrected chi connectivity index (χ1v) is 3.54. The van der Waals surface area contributed by atoms with Gasteiger partial charge in [-0.25, -0.2) is 0 Å². The Morgan fingerprint density at radius 2 is 2.00 bits per heavy atom. The fourth-order valence-electron chi connectivity index (χ4n) is 0.602. The Kier molecular flexibility index (Phi) is 5.18. The minimum absolute atomic E-state index is 0.895. The molecule has 0 N–H and O–H groups in total. The number of nitrogens with zero attached hydrogens (tertiary/aromatic N) is 1. The second-order valence-corrected chi connectivity index (χ2v) is 1.75. The monoisotopic (exact) mass is 125 g/mol. The van der Waals surface area contributed by atoms with Gasteiger partial charge >= 0.3 is 0 Å². The molecule has 9 heavy (non-hydrogen) atoms. The van der Waals surface area contributed by atoms with E-state index in [9.17, 15) is 0 Å². The van der Waals surface area contributed by atoms with Gasteiger partial charge in [0.25, 0.3) is 0 Å². The molecule has 1 heterocycles. The number of allylic oxidation sites excluding steroid dienone is 1. The van der Waals surface area contributed by atoms with Crippen LogP contribution in [0.4, 0.5) is 0 Å². The molecule has 0 saturated carbocycles. The Morgan fingerprint density at radius 3 is 2.22 bits per heavy atom. The summed E-state index contributed by atoms with van der Waals surface area (Å²) in [6, 6.07) is 0. The largest absolute Gasteiger partial charge is 0.290 e. The van der Waals surface area contributed by atoms with Crippen molar-refractivity contribution in [1.82, 2.24) is 0 Å². The molecular weight excluding hydrogens is 110 g/mol. The highest BCUT2D eigenvalue weighted by molar-refractivity contribution is 5.83. The molecule has 1 rings (SSSR count). The predicted octanol–water partition coefficient (Wildman–Crippen LogP) is 2.43. The molecule has 1 heteroatoms. The lowest BCUT2D eigenvalue weighted by Gasteiger charge is -1.97. The number of aliphatic imine (C=N–C) groups is 1. The standard InChI is InChI=1S/C6H9N.C2H6/c1-6-4-2-3-5-7-6;1-2/h2-3H,4-5H2,1H3;1-2H3. The minimum atomic E-state index is 0.895. The molecule has 0 fully saturated rings.